The van der Waals surface area contributed by atoms with Gasteiger partial charge < -0.3 is 14.8 Å². The number of hydrogen-bond acceptors (Lipinski definition) is 4. The van der Waals surface area contributed by atoms with Gasteiger partial charge in [-0.05, 0) is 20.0 Å². The van der Waals surface area contributed by atoms with Crippen LogP contribution in [0.4, 0.5) is 13.2 Å². The first kappa shape index (κ1) is 16.3. The van der Waals surface area contributed by atoms with Crippen molar-refractivity contribution in [3.8, 4) is 5.75 Å². The van der Waals surface area contributed by atoms with Crippen molar-refractivity contribution in [2.24, 2.45) is 0 Å². The fourth-order valence-electron chi connectivity index (χ4n) is 1.74. The highest BCUT2D eigenvalue weighted by Crippen LogP contribution is 2.31. The minimum Gasteiger partial charge on any atom is -0.466 e. The Labute approximate surface area is 114 Å². The largest absolute Gasteiger partial charge is 0.573 e. The maximum Gasteiger partial charge on any atom is 0.573 e. The maximum absolute atomic E-state index is 12.3. The second kappa shape index (κ2) is 7.14. The predicted octanol–water partition coefficient (Wildman–Crippen LogP) is 2.80. The Morgan fingerprint density at radius 3 is 2.55 bits per heavy atom. The van der Waals surface area contributed by atoms with Crippen molar-refractivity contribution in [3.05, 3.63) is 29.8 Å². The van der Waals surface area contributed by atoms with E-state index in [9.17, 15) is 18.0 Å². The topological polar surface area (TPSA) is 47.6 Å². The molecule has 0 aliphatic carbocycles. The first-order valence-corrected chi connectivity index (χ1v) is 6.05. The second-order valence-corrected chi connectivity index (χ2v) is 3.94. The number of hydrogen-bond donors (Lipinski definition) is 1. The zero-order valence-electron chi connectivity index (χ0n) is 11.2. The van der Waals surface area contributed by atoms with Crippen LogP contribution in [0.5, 0.6) is 5.75 Å². The van der Waals surface area contributed by atoms with Gasteiger partial charge in [0.15, 0.2) is 0 Å². The summed E-state index contributed by atoms with van der Waals surface area (Å²) in [6.07, 6.45) is -4.86. The highest BCUT2D eigenvalue weighted by Gasteiger charge is 2.33. The van der Waals surface area contributed by atoms with Crippen LogP contribution in [0.25, 0.3) is 0 Å². The molecule has 0 heterocycles. The molecule has 0 saturated heterocycles. The number of ether oxygens (including phenoxy) is 2. The number of carbonyl (C=O) groups excluding carboxylic acids is 1. The van der Waals surface area contributed by atoms with Gasteiger partial charge in [-0.25, -0.2) is 0 Å². The molecule has 0 aromatic heterocycles. The van der Waals surface area contributed by atoms with Crippen LogP contribution >= 0.6 is 0 Å². The number of halogens is 3. The molecule has 0 saturated carbocycles. The van der Waals surface area contributed by atoms with Crippen molar-refractivity contribution in [2.45, 2.75) is 25.7 Å². The zero-order chi connectivity index (χ0) is 15.2. The Balaban J connectivity index is 2.94. The van der Waals surface area contributed by atoms with Gasteiger partial charge in [0.05, 0.1) is 13.0 Å². The summed E-state index contributed by atoms with van der Waals surface area (Å²) in [5.41, 5.74) is 0.250. The van der Waals surface area contributed by atoms with E-state index in [2.05, 4.69) is 10.1 Å². The van der Waals surface area contributed by atoms with Gasteiger partial charge in [-0.3, -0.25) is 4.79 Å². The monoisotopic (exact) mass is 291 g/mol. The summed E-state index contributed by atoms with van der Waals surface area (Å²) in [5, 5.41) is 2.79. The Hall–Kier alpha value is -1.76. The second-order valence-electron chi connectivity index (χ2n) is 3.94. The Morgan fingerprint density at radius 1 is 1.35 bits per heavy atom. The van der Waals surface area contributed by atoms with Crippen LogP contribution in [0, 0.1) is 0 Å². The van der Waals surface area contributed by atoms with Gasteiger partial charge in [0.25, 0.3) is 0 Å². The molecule has 4 nitrogen and oxygen atoms in total. The van der Waals surface area contributed by atoms with Gasteiger partial charge in [-0.15, -0.1) is 13.2 Å². The summed E-state index contributed by atoms with van der Waals surface area (Å²) >= 11 is 0. The van der Waals surface area contributed by atoms with Gasteiger partial charge >= 0.3 is 12.3 Å². The molecule has 7 heteroatoms. The van der Waals surface area contributed by atoms with E-state index in [1.165, 1.54) is 18.2 Å². The van der Waals surface area contributed by atoms with E-state index in [4.69, 9.17) is 4.74 Å². The minimum atomic E-state index is -4.78. The highest BCUT2D eigenvalue weighted by molar-refractivity contribution is 5.70. The number of benzene rings is 1. The lowest BCUT2D eigenvalue weighted by atomic mass is 10.0. The van der Waals surface area contributed by atoms with Crippen molar-refractivity contribution in [3.63, 3.8) is 0 Å². The Bertz CT molecular complexity index is 449. The molecule has 0 bridgehead atoms. The summed E-state index contributed by atoms with van der Waals surface area (Å²) < 4.78 is 45.8. The molecular weight excluding hydrogens is 275 g/mol. The molecule has 0 aliphatic rings. The van der Waals surface area contributed by atoms with Gasteiger partial charge in [0.2, 0.25) is 0 Å². The van der Waals surface area contributed by atoms with E-state index in [1.807, 2.05) is 0 Å². The summed E-state index contributed by atoms with van der Waals surface area (Å²) in [6, 6.07) is 5.07. The number of carbonyl (C=O) groups is 1. The summed E-state index contributed by atoms with van der Waals surface area (Å²) in [5.74, 6) is -0.822. The molecule has 0 fully saturated rings. The number of esters is 1. The molecule has 1 atom stereocenters. The van der Waals surface area contributed by atoms with Crippen LogP contribution < -0.4 is 10.1 Å². The molecule has 1 aromatic rings. The number of para-hydroxylation sites is 1. The van der Waals surface area contributed by atoms with Gasteiger partial charge in [-0.2, -0.15) is 0 Å². The molecule has 1 unspecified atom stereocenters. The van der Waals surface area contributed by atoms with Crippen molar-refractivity contribution in [1.82, 2.24) is 5.32 Å². The van der Waals surface area contributed by atoms with Gasteiger partial charge in [0, 0.05) is 11.6 Å². The van der Waals surface area contributed by atoms with E-state index in [0.29, 0.717) is 0 Å². The first-order valence-electron chi connectivity index (χ1n) is 6.05. The minimum absolute atomic E-state index is 0.0808. The summed E-state index contributed by atoms with van der Waals surface area (Å²) in [4.78, 5) is 11.5. The SMILES string of the molecule is CCOC(=O)CC(NC)c1ccccc1OC(F)(F)F. The molecule has 1 rings (SSSR count). The zero-order valence-corrected chi connectivity index (χ0v) is 11.2. The van der Waals surface area contributed by atoms with Crippen molar-refractivity contribution >= 4 is 5.97 Å². The molecule has 20 heavy (non-hydrogen) atoms. The van der Waals surface area contributed by atoms with Crippen LogP contribution in [0.1, 0.15) is 24.9 Å². The number of rotatable bonds is 6. The highest BCUT2D eigenvalue weighted by atomic mass is 19.4. The van der Waals surface area contributed by atoms with Crippen molar-refractivity contribution in [2.75, 3.05) is 13.7 Å². The normalized spacial score (nSPS) is 12.8. The van der Waals surface area contributed by atoms with E-state index in [0.717, 1.165) is 0 Å². The fourth-order valence-corrected chi connectivity index (χ4v) is 1.74. The lowest BCUT2D eigenvalue weighted by Gasteiger charge is -2.20. The summed E-state index contributed by atoms with van der Waals surface area (Å²) in [7, 11) is 1.55. The van der Waals surface area contributed by atoms with E-state index < -0.39 is 18.4 Å². The lowest BCUT2D eigenvalue weighted by molar-refractivity contribution is -0.275. The third-order valence-corrected chi connectivity index (χ3v) is 2.54. The third kappa shape index (κ3) is 5.08. The number of nitrogens with one attached hydrogen (secondary N) is 1. The van der Waals surface area contributed by atoms with Gasteiger partial charge in [-0.1, -0.05) is 18.2 Å². The smallest absolute Gasteiger partial charge is 0.466 e. The average molecular weight is 291 g/mol. The third-order valence-electron chi connectivity index (χ3n) is 2.54. The van der Waals surface area contributed by atoms with Crippen LogP contribution in [-0.4, -0.2) is 26.0 Å². The molecule has 0 amide bonds. The Kier molecular flexibility index (Phi) is 5.82. The molecule has 1 aromatic carbocycles. The van der Waals surface area contributed by atoms with Crippen molar-refractivity contribution in [1.29, 1.82) is 0 Å². The van der Waals surface area contributed by atoms with Crippen LogP contribution in [0.3, 0.4) is 0 Å². The van der Waals surface area contributed by atoms with Crippen molar-refractivity contribution < 1.29 is 27.4 Å². The van der Waals surface area contributed by atoms with E-state index >= 15 is 0 Å². The van der Waals surface area contributed by atoms with Crippen LogP contribution in [0.15, 0.2) is 24.3 Å². The summed E-state index contributed by atoms with van der Waals surface area (Å²) in [6.45, 7) is 1.88. The lowest BCUT2D eigenvalue weighted by Crippen LogP contribution is -2.24. The fraction of sp³-hybridized carbons (Fsp3) is 0.462. The molecule has 0 aliphatic heterocycles. The molecule has 0 radical (unpaired) electrons. The maximum atomic E-state index is 12.3. The molecular formula is C13H16F3NO3. The molecule has 1 N–H and O–H groups in total. The van der Waals surface area contributed by atoms with E-state index in [1.54, 1.807) is 20.0 Å². The Morgan fingerprint density at radius 2 is 2.00 bits per heavy atom. The van der Waals surface area contributed by atoms with Crippen LogP contribution in [0.2, 0.25) is 0 Å². The van der Waals surface area contributed by atoms with Crippen LogP contribution in [-0.2, 0) is 9.53 Å². The average Bonchev–Trinajstić information content (AvgIpc) is 2.35. The number of alkyl halides is 3. The van der Waals surface area contributed by atoms with E-state index in [-0.39, 0.29) is 24.3 Å². The predicted molar refractivity (Wildman–Crippen MR) is 66.2 cm³/mol. The van der Waals surface area contributed by atoms with Gasteiger partial charge in [0.1, 0.15) is 5.75 Å². The first-order chi connectivity index (χ1) is 9.37. The molecule has 0 spiro atoms. The quantitative estimate of drug-likeness (QED) is 0.819. The molecule has 112 valence electrons. The standard InChI is InChI=1S/C13H16F3NO3/c1-3-19-12(18)8-10(17-2)9-6-4-5-7-11(9)20-13(14,15)16/h4-7,10,17H,3,8H2,1-2H3.